The number of benzene rings is 2. The fourth-order valence-electron chi connectivity index (χ4n) is 3.00. The number of nitrogens with zero attached hydrogens (tertiary/aromatic N) is 1. The number of hydrogen-bond donors (Lipinski definition) is 3. The standard InChI is InChI=1S/C20H17FN4O/c1-25-18-16(13-8-5-9-14(21)11-13)17(19(23)26-20(18)24)15(22)10-12-6-3-2-4-7-12/h2-9,11,16,23H,10,22,24H2. The Hall–Kier alpha value is -3.59. The lowest BCUT2D eigenvalue weighted by Crippen LogP contribution is -2.29. The molecule has 2 aromatic rings. The van der Waals surface area contributed by atoms with Crippen molar-refractivity contribution in [3.8, 4) is 0 Å². The maximum absolute atomic E-state index is 13.8. The molecule has 3 rings (SSSR count). The second kappa shape index (κ2) is 7.11. The van der Waals surface area contributed by atoms with E-state index in [9.17, 15) is 4.39 Å². The second-order valence-electron chi connectivity index (χ2n) is 5.88. The fraction of sp³-hybridized carbons (Fsp3) is 0.100. The van der Waals surface area contributed by atoms with Crippen LogP contribution in [0.5, 0.6) is 0 Å². The minimum atomic E-state index is -0.742. The van der Waals surface area contributed by atoms with Gasteiger partial charge in [-0.1, -0.05) is 42.5 Å². The Morgan fingerprint density at radius 2 is 1.92 bits per heavy atom. The lowest BCUT2D eigenvalue weighted by atomic mass is 9.84. The van der Waals surface area contributed by atoms with Gasteiger partial charge >= 0.3 is 0 Å². The molecule has 0 bridgehead atoms. The summed E-state index contributed by atoms with van der Waals surface area (Å²) in [7, 11) is 0. The summed E-state index contributed by atoms with van der Waals surface area (Å²) in [5.74, 6) is -1.56. The van der Waals surface area contributed by atoms with Crippen LogP contribution >= 0.6 is 0 Å². The first-order valence-corrected chi connectivity index (χ1v) is 7.93. The maximum atomic E-state index is 13.8. The minimum Gasteiger partial charge on any atom is -0.434 e. The summed E-state index contributed by atoms with van der Waals surface area (Å²) in [5, 5.41) is 8.20. The number of nitrogens with one attached hydrogen (secondary N) is 1. The summed E-state index contributed by atoms with van der Waals surface area (Å²) in [6, 6.07) is 15.4. The molecular weight excluding hydrogens is 331 g/mol. The van der Waals surface area contributed by atoms with Crippen molar-refractivity contribution >= 4 is 5.90 Å². The van der Waals surface area contributed by atoms with Gasteiger partial charge in [-0.15, -0.1) is 0 Å². The predicted octanol–water partition coefficient (Wildman–Crippen LogP) is 3.42. The molecule has 1 aliphatic heterocycles. The van der Waals surface area contributed by atoms with E-state index in [0.717, 1.165) is 5.56 Å². The van der Waals surface area contributed by atoms with Gasteiger partial charge in [-0.05, 0) is 23.3 Å². The molecule has 6 heteroatoms. The van der Waals surface area contributed by atoms with Gasteiger partial charge in [0.05, 0.1) is 12.5 Å². The smallest absolute Gasteiger partial charge is 0.235 e. The summed E-state index contributed by atoms with van der Waals surface area (Å²) < 4.78 is 19.0. The van der Waals surface area contributed by atoms with E-state index in [4.69, 9.17) is 28.2 Å². The van der Waals surface area contributed by atoms with E-state index in [-0.39, 0.29) is 17.5 Å². The molecule has 0 saturated heterocycles. The van der Waals surface area contributed by atoms with Gasteiger partial charge in [-0.25, -0.2) is 9.24 Å². The van der Waals surface area contributed by atoms with Gasteiger partial charge in [0.1, 0.15) is 5.82 Å². The average Bonchev–Trinajstić information content (AvgIpc) is 2.61. The Kier molecular flexibility index (Phi) is 4.72. The van der Waals surface area contributed by atoms with E-state index in [2.05, 4.69) is 4.85 Å². The van der Waals surface area contributed by atoms with Crippen molar-refractivity contribution in [3.63, 3.8) is 0 Å². The highest BCUT2D eigenvalue weighted by Gasteiger charge is 2.35. The first kappa shape index (κ1) is 17.2. The minimum absolute atomic E-state index is 0.0950. The third-order valence-electron chi connectivity index (χ3n) is 4.16. The van der Waals surface area contributed by atoms with E-state index in [1.807, 2.05) is 30.3 Å². The fourth-order valence-corrected chi connectivity index (χ4v) is 3.00. The van der Waals surface area contributed by atoms with Crippen LogP contribution in [-0.2, 0) is 11.2 Å². The summed E-state index contributed by atoms with van der Waals surface area (Å²) in [4.78, 5) is 3.46. The van der Waals surface area contributed by atoms with E-state index < -0.39 is 11.7 Å². The zero-order valence-corrected chi connectivity index (χ0v) is 13.9. The van der Waals surface area contributed by atoms with Crippen LogP contribution in [0, 0.1) is 17.8 Å². The Bertz CT molecular complexity index is 957. The highest BCUT2D eigenvalue weighted by Crippen LogP contribution is 2.39. The number of allylic oxidation sites excluding steroid dienone is 2. The molecule has 1 aliphatic rings. The molecule has 2 aromatic carbocycles. The van der Waals surface area contributed by atoms with Crippen LogP contribution in [0.15, 0.2) is 77.4 Å². The molecule has 0 aliphatic carbocycles. The zero-order chi connectivity index (χ0) is 18.7. The normalized spacial score (nSPS) is 18.9. The molecule has 130 valence electrons. The zero-order valence-electron chi connectivity index (χ0n) is 13.9. The predicted molar refractivity (Wildman–Crippen MR) is 97.1 cm³/mol. The first-order chi connectivity index (χ1) is 12.5. The van der Waals surface area contributed by atoms with Crippen molar-refractivity contribution in [1.82, 2.24) is 0 Å². The monoisotopic (exact) mass is 348 g/mol. The van der Waals surface area contributed by atoms with Crippen molar-refractivity contribution in [1.29, 1.82) is 5.41 Å². The van der Waals surface area contributed by atoms with Crippen LogP contribution < -0.4 is 11.5 Å². The van der Waals surface area contributed by atoms with Crippen LogP contribution in [0.3, 0.4) is 0 Å². The van der Waals surface area contributed by atoms with Crippen molar-refractivity contribution in [3.05, 3.63) is 106 Å². The molecule has 0 radical (unpaired) electrons. The molecule has 5 nitrogen and oxygen atoms in total. The maximum Gasteiger partial charge on any atom is 0.235 e. The Labute approximate surface area is 150 Å². The van der Waals surface area contributed by atoms with Crippen LogP contribution in [0.1, 0.15) is 17.0 Å². The summed E-state index contributed by atoms with van der Waals surface area (Å²) in [5.41, 5.74) is 14.4. The van der Waals surface area contributed by atoms with E-state index in [1.165, 1.54) is 12.1 Å². The van der Waals surface area contributed by atoms with Gasteiger partial charge in [0.15, 0.2) is 5.88 Å². The van der Waals surface area contributed by atoms with Crippen LogP contribution in [0.25, 0.3) is 4.85 Å². The number of rotatable bonds is 3. The lowest BCUT2D eigenvalue weighted by molar-refractivity contribution is 0.382. The molecule has 1 atom stereocenters. The topological polar surface area (TPSA) is 89.5 Å². The summed E-state index contributed by atoms with van der Waals surface area (Å²) in [6.07, 6.45) is 0.374. The second-order valence-corrected chi connectivity index (χ2v) is 5.88. The average molecular weight is 348 g/mol. The van der Waals surface area contributed by atoms with Crippen LogP contribution in [0.2, 0.25) is 0 Å². The molecule has 0 spiro atoms. The van der Waals surface area contributed by atoms with Crippen LogP contribution in [-0.4, -0.2) is 5.90 Å². The van der Waals surface area contributed by atoms with E-state index in [0.29, 0.717) is 23.3 Å². The van der Waals surface area contributed by atoms with Gasteiger partial charge in [-0.2, -0.15) is 0 Å². The Balaban J connectivity index is 2.15. The lowest BCUT2D eigenvalue weighted by Gasteiger charge is -2.28. The number of hydrogen-bond acceptors (Lipinski definition) is 4. The van der Waals surface area contributed by atoms with Gasteiger partial charge in [0, 0.05) is 17.7 Å². The number of halogens is 1. The number of nitrogens with two attached hydrogens (primary N) is 2. The molecule has 26 heavy (non-hydrogen) atoms. The molecule has 0 fully saturated rings. The van der Waals surface area contributed by atoms with Crippen molar-refractivity contribution in [2.75, 3.05) is 0 Å². The largest absolute Gasteiger partial charge is 0.434 e. The van der Waals surface area contributed by atoms with Gasteiger partial charge in [-0.3, -0.25) is 5.41 Å². The van der Waals surface area contributed by atoms with E-state index >= 15 is 0 Å². The molecule has 0 saturated carbocycles. The third-order valence-corrected chi connectivity index (χ3v) is 4.16. The van der Waals surface area contributed by atoms with Crippen molar-refractivity contribution in [2.45, 2.75) is 12.3 Å². The first-order valence-electron chi connectivity index (χ1n) is 7.93. The highest BCUT2D eigenvalue weighted by molar-refractivity contribution is 5.96. The summed E-state index contributed by atoms with van der Waals surface area (Å²) in [6.45, 7) is 7.46. The van der Waals surface area contributed by atoms with Crippen molar-refractivity contribution in [2.24, 2.45) is 11.5 Å². The molecule has 1 unspecified atom stereocenters. The molecular formula is C20H17FN4O. The third kappa shape index (κ3) is 3.28. The SMILES string of the molecule is [C-]#[N+]C1=C(N)OC(=N)C(=C(N)Cc2ccccc2)C1c1cccc(F)c1. The molecule has 0 aromatic heterocycles. The molecule has 0 amide bonds. The Morgan fingerprint density at radius 1 is 1.19 bits per heavy atom. The van der Waals surface area contributed by atoms with E-state index in [1.54, 1.807) is 12.1 Å². The van der Waals surface area contributed by atoms with Crippen molar-refractivity contribution < 1.29 is 9.13 Å². The molecule has 1 heterocycles. The van der Waals surface area contributed by atoms with Gasteiger partial charge < -0.3 is 16.2 Å². The summed E-state index contributed by atoms with van der Waals surface area (Å²) >= 11 is 0. The number of ether oxygens (including phenoxy) is 1. The molecule has 5 N–H and O–H groups in total. The van der Waals surface area contributed by atoms with Gasteiger partial charge in [0.25, 0.3) is 0 Å². The quantitative estimate of drug-likeness (QED) is 0.743. The Morgan fingerprint density at radius 3 is 2.58 bits per heavy atom. The van der Waals surface area contributed by atoms with Crippen LogP contribution in [0.4, 0.5) is 4.39 Å². The van der Waals surface area contributed by atoms with Gasteiger partial charge in [0.2, 0.25) is 11.6 Å². The highest BCUT2D eigenvalue weighted by atomic mass is 19.1.